The van der Waals surface area contributed by atoms with Crippen LogP contribution >= 0.6 is 43.2 Å². The van der Waals surface area contributed by atoms with Gasteiger partial charge in [0.2, 0.25) is 0 Å². The van der Waals surface area contributed by atoms with Gasteiger partial charge in [0.15, 0.2) is 0 Å². The maximum atomic E-state index is 12.4. The van der Waals surface area contributed by atoms with E-state index in [1.807, 2.05) is 24.0 Å². The van der Waals surface area contributed by atoms with Crippen LogP contribution in [0.1, 0.15) is 22.2 Å². The fourth-order valence-corrected chi connectivity index (χ4v) is 3.53. The Morgan fingerprint density at radius 2 is 2.16 bits per heavy atom. The fourth-order valence-electron chi connectivity index (χ4n) is 1.67. The van der Waals surface area contributed by atoms with Gasteiger partial charge in [-0.2, -0.15) is 0 Å². The van der Waals surface area contributed by atoms with Gasteiger partial charge in [-0.25, -0.2) is 4.98 Å². The van der Waals surface area contributed by atoms with Crippen LogP contribution in [0.5, 0.6) is 0 Å². The van der Waals surface area contributed by atoms with E-state index >= 15 is 0 Å². The molecule has 0 radical (unpaired) electrons. The molecule has 2 heterocycles. The summed E-state index contributed by atoms with van der Waals surface area (Å²) in [5.74, 6) is 0.0233. The molecule has 3 nitrogen and oxygen atoms in total. The summed E-state index contributed by atoms with van der Waals surface area (Å²) in [7, 11) is 0. The summed E-state index contributed by atoms with van der Waals surface area (Å²) in [4.78, 5) is 19.4. The Morgan fingerprint density at radius 3 is 2.74 bits per heavy atom. The number of carbonyl (C=O) groups excluding carboxylic acids is 1. The number of aromatic nitrogens is 1. The van der Waals surface area contributed by atoms with Crippen LogP contribution in [0, 0.1) is 0 Å². The standard InChI is InChI=1S/C13H12Br2N2OS/c1-2-17(8-10-3-4-12(15)19-10)13(18)9-5-6-16-11(14)7-9/h3-7H,2,8H2,1H3. The van der Waals surface area contributed by atoms with Crippen molar-refractivity contribution in [2.45, 2.75) is 13.5 Å². The Hall–Kier alpha value is -0.720. The number of thiophene rings is 1. The van der Waals surface area contributed by atoms with Crippen molar-refractivity contribution in [2.75, 3.05) is 6.54 Å². The molecule has 100 valence electrons. The number of amides is 1. The number of halogens is 2. The van der Waals surface area contributed by atoms with Crippen molar-refractivity contribution in [3.05, 3.63) is 49.3 Å². The molecule has 1 amide bonds. The Bertz CT molecular complexity index is 586. The summed E-state index contributed by atoms with van der Waals surface area (Å²) < 4.78 is 1.76. The largest absolute Gasteiger partial charge is 0.334 e. The molecule has 0 saturated heterocycles. The van der Waals surface area contributed by atoms with Crippen LogP contribution in [0.2, 0.25) is 0 Å². The van der Waals surface area contributed by atoms with Gasteiger partial charge in [-0.15, -0.1) is 11.3 Å². The van der Waals surface area contributed by atoms with E-state index in [0.29, 0.717) is 23.3 Å². The van der Waals surface area contributed by atoms with Gasteiger partial charge in [0.25, 0.3) is 5.91 Å². The minimum Gasteiger partial charge on any atom is -0.334 e. The molecule has 2 aromatic heterocycles. The molecule has 0 aliphatic carbocycles. The van der Waals surface area contributed by atoms with Crippen molar-refractivity contribution in [1.82, 2.24) is 9.88 Å². The highest BCUT2D eigenvalue weighted by Gasteiger charge is 2.15. The normalized spacial score (nSPS) is 10.5. The van der Waals surface area contributed by atoms with E-state index in [0.717, 1.165) is 8.66 Å². The summed E-state index contributed by atoms with van der Waals surface area (Å²) in [5, 5.41) is 0. The topological polar surface area (TPSA) is 33.2 Å². The predicted octanol–water partition coefficient (Wildman–Crippen LogP) is 4.33. The minimum atomic E-state index is 0.0233. The zero-order valence-electron chi connectivity index (χ0n) is 10.3. The maximum absolute atomic E-state index is 12.4. The van der Waals surface area contributed by atoms with Crippen molar-refractivity contribution < 1.29 is 4.79 Å². The van der Waals surface area contributed by atoms with E-state index in [1.165, 1.54) is 0 Å². The van der Waals surface area contributed by atoms with Crippen LogP contribution in [0.3, 0.4) is 0 Å². The molecule has 0 saturated carbocycles. The first-order valence-electron chi connectivity index (χ1n) is 5.75. The molecule has 6 heteroatoms. The van der Waals surface area contributed by atoms with Gasteiger partial charge in [0, 0.05) is 23.2 Å². The van der Waals surface area contributed by atoms with Crippen molar-refractivity contribution in [3.63, 3.8) is 0 Å². The first-order chi connectivity index (χ1) is 9.10. The quantitative estimate of drug-likeness (QED) is 0.711. The lowest BCUT2D eigenvalue weighted by Crippen LogP contribution is -2.30. The highest BCUT2D eigenvalue weighted by Crippen LogP contribution is 2.24. The van der Waals surface area contributed by atoms with Gasteiger partial charge in [0.05, 0.1) is 10.3 Å². The fraction of sp³-hybridized carbons (Fsp3) is 0.231. The van der Waals surface area contributed by atoms with E-state index in [-0.39, 0.29) is 5.91 Å². The van der Waals surface area contributed by atoms with Crippen molar-refractivity contribution in [1.29, 1.82) is 0 Å². The Labute approximate surface area is 132 Å². The molecule has 0 spiro atoms. The van der Waals surface area contributed by atoms with E-state index in [2.05, 4.69) is 36.8 Å². The molecule has 0 aliphatic rings. The number of hydrogen-bond acceptors (Lipinski definition) is 3. The Kier molecular flexibility index (Phi) is 5.13. The Balaban J connectivity index is 2.15. The molecule has 0 fully saturated rings. The van der Waals surface area contributed by atoms with Gasteiger partial charge in [-0.3, -0.25) is 4.79 Å². The number of rotatable bonds is 4. The highest BCUT2D eigenvalue weighted by atomic mass is 79.9. The summed E-state index contributed by atoms with van der Waals surface area (Å²) in [6.45, 7) is 3.29. The first-order valence-corrected chi connectivity index (χ1v) is 8.15. The second kappa shape index (κ2) is 6.63. The lowest BCUT2D eigenvalue weighted by Gasteiger charge is -2.20. The van der Waals surface area contributed by atoms with Crippen LogP contribution in [-0.4, -0.2) is 22.3 Å². The zero-order chi connectivity index (χ0) is 13.8. The van der Waals surface area contributed by atoms with Crippen molar-refractivity contribution in [3.8, 4) is 0 Å². The van der Waals surface area contributed by atoms with Gasteiger partial charge in [-0.1, -0.05) is 0 Å². The summed E-state index contributed by atoms with van der Waals surface area (Å²) in [6.07, 6.45) is 1.63. The summed E-state index contributed by atoms with van der Waals surface area (Å²) in [6, 6.07) is 7.52. The average Bonchev–Trinajstić information content (AvgIpc) is 2.81. The van der Waals surface area contributed by atoms with E-state index in [4.69, 9.17) is 0 Å². The van der Waals surface area contributed by atoms with Gasteiger partial charge in [0.1, 0.15) is 4.60 Å². The molecular weight excluding hydrogens is 392 g/mol. The van der Waals surface area contributed by atoms with Crippen LogP contribution < -0.4 is 0 Å². The molecule has 2 aromatic rings. The molecule has 0 aromatic carbocycles. The molecular formula is C13H12Br2N2OS. The minimum absolute atomic E-state index is 0.0233. The molecule has 0 aliphatic heterocycles. The zero-order valence-corrected chi connectivity index (χ0v) is 14.3. The monoisotopic (exact) mass is 402 g/mol. The van der Waals surface area contributed by atoms with Gasteiger partial charge >= 0.3 is 0 Å². The van der Waals surface area contributed by atoms with Crippen LogP contribution in [0.15, 0.2) is 38.9 Å². The van der Waals surface area contributed by atoms with E-state index < -0.39 is 0 Å². The number of carbonyl (C=O) groups is 1. The predicted molar refractivity (Wildman–Crippen MR) is 84.4 cm³/mol. The summed E-state index contributed by atoms with van der Waals surface area (Å²) >= 11 is 8.37. The number of pyridine rings is 1. The molecule has 0 N–H and O–H groups in total. The molecule has 19 heavy (non-hydrogen) atoms. The molecule has 0 bridgehead atoms. The third-order valence-electron chi connectivity index (χ3n) is 2.62. The number of nitrogens with zero attached hydrogens (tertiary/aromatic N) is 2. The third-order valence-corrected chi connectivity index (χ3v) is 4.66. The van der Waals surface area contributed by atoms with Gasteiger partial charge < -0.3 is 4.90 Å². The van der Waals surface area contributed by atoms with Crippen molar-refractivity contribution in [2.24, 2.45) is 0 Å². The van der Waals surface area contributed by atoms with Crippen molar-refractivity contribution >= 4 is 49.1 Å². The first kappa shape index (κ1) is 14.7. The van der Waals surface area contributed by atoms with Crippen LogP contribution in [-0.2, 0) is 6.54 Å². The molecule has 0 atom stereocenters. The Morgan fingerprint density at radius 1 is 1.37 bits per heavy atom. The van der Waals surface area contributed by atoms with Crippen LogP contribution in [0.4, 0.5) is 0 Å². The van der Waals surface area contributed by atoms with Crippen LogP contribution in [0.25, 0.3) is 0 Å². The van der Waals surface area contributed by atoms with E-state index in [1.54, 1.807) is 29.7 Å². The number of hydrogen-bond donors (Lipinski definition) is 0. The second-order valence-electron chi connectivity index (χ2n) is 3.89. The lowest BCUT2D eigenvalue weighted by atomic mass is 10.2. The lowest BCUT2D eigenvalue weighted by molar-refractivity contribution is 0.0754. The average molecular weight is 404 g/mol. The summed E-state index contributed by atoms with van der Waals surface area (Å²) in [5.41, 5.74) is 0.652. The smallest absolute Gasteiger partial charge is 0.254 e. The third kappa shape index (κ3) is 3.87. The molecule has 2 rings (SSSR count). The second-order valence-corrected chi connectivity index (χ2v) is 7.25. The van der Waals surface area contributed by atoms with Gasteiger partial charge in [-0.05, 0) is 63.0 Å². The molecule has 0 unspecified atom stereocenters. The highest BCUT2D eigenvalue weighted by molar-refractivity contribution is 9.11. The maximum Gasteiger partial charge on any atom is 0.254 e. The SMILES string of the molecule is CCN(Cc1ccc(Br)s1)C(=O)c1ccnc(Br)c1. The van der Waals surface area contributed by atoms with E-state index in [9.17, 15) is 4.79 Å².